The van der Waals surface area contributed by atoms with Crippen LogP contribution in [0.5, 0.6) is 5.75 Å². The zero-order chi connectivity index (χ0) is 21.9. The monoisotopic (exact) mass is 487 g/mol. The average Bonchev–Trinajstić information content (AvgIpc) is 2.66. The van der Waals surface area contributed by atoms with Crippen molar-refractivity contribution in [1.29, 1.82) is 0 Å². The summed E-state index contributed by atoms with van der Waals surface area (Å²) < 4.78 is 12.5. The van der Waals surface area contributed by atoms with Gasteiger partial charge in [0.2, 0.25) is 5.56 Å². The van der Waals surface area contributed by atoms with Crippen molar-refractivity contribution in [3.05, 3.63) is 76.1 Å². The fourth-order valence-electron chi connectivity index (χ4n) is 3.03. The zero-order valence-electron chi connectivity index (χ0n) is 18.3. The molecule has 1 aromatic heterocycles. The van der Waals surface area contributed by atoms with Crippen molar-refractivity contribution in [3.63, 3.8) is 0 Å². The van der Waals surface area contributed by atoms with Gasteiger partial charge in [0.05, 0.1) is 5.52 Å². The minimum Gasteiger partial charge on any atom is -0.487 e. The summed E-state index contributed by atoms with van der Waals surface area (Å²) in [6.45, 7) is 11.6. The van der Waals surface area contributed by atoms with Gasteiger partial charge in [0.1, 0.15) is 17.4 Å². The van der Waals surface area contributed by atoms with Gasteiger partial charge >= 0.3 is 0 Å². The summed E-state index contributed by atoms with van der Waals surface area (Å²) in [6.07, 6.45) is 0.702. The minimum atomic E-state index is -1.89. The molecule has 0 amide bonds. The summed E-state index contributed by atoms with van der Waals surface area (Å²) >= 11 is 3.73. The second-order valence-corrected chi connectivity index (χ2v) is 14.9. The average molecular weight is 488 g/mol. The number of fused-ring (bicyclic) bond motifs is 1. The van der Waals surface area contributed by atoms with Gasteiger partial charge in [-0.1, -0.05) is 73.1 Å². The topological polar surface area (TPSA) is 51.3 Å². The molecule has 1 heterocycles. The molecule has 1 atom stereocenters. The Bertz CT molecular complexity index is 1060. The smallest absolute Gasteiger partial charge is 0.248 e. The molecule has 3 aromatic rings. The van der Waals surface area contributed by atoms with Crippen LogP contribution in [0.15, 0.2) is 59.4 Å². The highest BCUT2D eigenvalue weighted by Gasteiger charge is 2.38. The Morgan fingerprint density at radius 3 is 2.40 bits per heavy atom. The number of hydrogen-bond acceptors (Lipinski definition) is 3. The number of aromatic amines is 1. The quantitative estimate of drug-likeness (QED) is 0.310. The molecule has 4 nitrogen and oxygen atoms in total. The summed E-state index contributed by atoms with van der Waals surface area (Å²) in [5.74, 6) is 0.673. The molecular weight excluding hydrogens is 458 g/mol. The Hall–Kier alpha value is -1.89. The maximum atomic E-state index is 12.0. The highest BCUT2D eigenvalue weighted by Crippen LogP contribution is 2.38. The minimum absolute atomic E-state index is 0.0930. The highest BCUT2D eigenvalue weighted by molar-refractivity contribution is 9.09. The van der Waals surface area contributed by atoms with Crippen LogP contribution in [0.4, 0.5) is 0 Å². The number of halogens is 1. The number of H-pyrrole nitrogens is 1. The van der Waals surface area contributed by atoms with E-state index in [2.05, 4.69) is 60.8 Å². The first-order valence-electron chi connectivity index (χ1n) is 10.2. The van der Waals surface area contributed by atoms with Gasteiger partial charge < -0.3 is 14.1 Å². The number of benzene rings is 2. The van der Waals surface area contributed by atoms with E-state index in [1.54, 1.807) is 6.07 Å². The molecule has 1 N–H and O–H groups in total. The Labute approximate surface area is 187 Å². The molecule has 2 aromatic carbocycles. The molecule has 0 fully saturated rings. The van der Waals surface area contributed by atoms with E-state index in [1.165, 1.54) is 0 Å². The van der Waals surface area contributed by atoms with Crippen LogP contribution in [0.25, 0.3) is 10.9 Å². The maximum Gasteiger partial charge on any atom is 0.248 e. The van der Waals surface area contributed by atoms with Gasteiger partial charge in [0.15, 0.2) is 8.32 Å². The SMILES string of the molecule is CC(C)(C)[Si](C)(C)O[C@H](Br)Cc1ccc(OCc2ccccc2)c2[nH]c(=O)ccc12. The molecular formula is C24H30BrNO3Si. The second-order valence-electron chi connectivity index (χ2n) is 9.10. The summed E-state index contributed by atoms with van der Waals surface area (Å²) in [5, 5.41) is 1.02. The number of ether oxygens (including phenoxy) is 1. The van der Waals surface area contributed by atoms with E-state index >= 15 is 0 Å². The Balaban J connectivity index is 1.85. The molecule has 0 aliphatic rings. The van der Waals surface area contributed by atoms with Gasteiger partial charge in [-0.2, -0.15) is 0 Å². The zero-order valence-corrected chi connectivity index (χ0v) is 20.9. The highest BCUT2D eigenvalue weighted by atomic mass is 79.9. The normalized spacial score (nSPS) is 13.4. The van der Waals surface area contributed by atoms with E-state index in [4.69, 9.17) is 9.16 Å². The number of hydrogen-bond donors (Lipinski definition) is 1. The standard InChI is InChI=1S/C24H30BrNO3Si/c1-24(2,3)30(4,5)29-21(25)15-18-11-13-20(23-19(18)12-14-22(27)26-23)28-16-17-9-7-6-8-10-17/h6-14,21H,15-16H2,1-5H3,(H,26,27)/t21-/m0/s1. The molecule has 6 heteroatoms. The van der Waals surface area contributed by atoms with Gasteiger partial charge in [-0.25, -0.2) is 0 Å². The second kappa shape index (κ2) is 9.08. The van der Waals surface area contributed by atoms with Gasteiger partial charge in [-0.3, -0.25) is 4.79 Å². The summed E-state index contributed by atoms with van der Waals surface area (Å²) in [7, 11) is -1.89. The van der Waals surface area contributed by atoms with Crippen molar-refractivity contribution in [2.45, 2.75) is 56.9 Å². The fraction of sp³-hybridized carbons (Fsp3) is 0.375. The van der Waals surface area contributed by atoms with E-state index in [0.717, 1.165) is 22.0 Å². The Morgan fingerprint density at radius 2 is 1.73 bits per heavy atom. The summed E-state index contributed by atoms with van der Waals surface area (Å²) in [4.78, 5) is 15.0. The molecule has 3 rings (SSSR count). The number of pyridine rings is 1. The molecule has 0 aliphatic carbocycles. The van der Waals surface area contributed by atoms with Crippen molar-refractivity contribution in [2.75, 3.05) is 0 Å². The number of nitrogens with one attached hydrogen (secondary N) is 1. The third-order valence-corrected chi connectivity index (χ3v) is 11.1. The van der Waals surface area contributed by atoms with Crippen molar-refractivity contribution in [2.24, 2.45) is 0 Å². The molecule has 0 spiro atoms. The lowest BCUT2D eigenvalue weighted by molar-refractivity contribution is 0.267. The summed E-state index contributed by atoms with van der Waals surface area (Å²) in [6, 6.07) is 17.4. The lowest BCUT2D eigenvalue weighted by atomic mass is 10.1. The largest absolute Gasteiger partial charge is 0.487 e. The molecule has 0 aliphatic heterocycles. The first kappa shape index (κ1) is 22.8. The lowest BCUT2D eigenvalue weighted by Crippen LogP contribution is -2.43. The third kappa shape index (κ3) is 5.42. The Morgan fingerprint density at radius 1 is 1.03 bits per heavy atom. The van der Waals surface area contributed by atoms with Gasteiger partial charge in [-0.05, 0) is 41.4 Å². The van der Waals surface area contributed by atoms with Gasteiger partial charge in [0.25, 0.3) is 0 Å². The lowest BCUT2D eigenvalue weighted by Gasteiger charge is -2.38. The summed E-state index contributed by atoms with van der Waals surface area (Å²) in [5.41, 5.74) is 2.77. The van der Waals surface area contributed by atoms with Crippen molar-refractivity contribution >= 4 is 35.2 Å². The molecule has 160 valence electrons. The van der Waals surface area contributed by atoms with Gasteiger partial charge in [0, 0.05) is 17.9 Å². The molecule has 0 saturated heterocycles. The van der Waals surface area contributed by atoms with Crippen LogP contribution in [0.2, 0.25) is 18.1 Å². The fourth-order valence-corrected chi connectivity index (χ4v) is 5.86. The van der Waals surface area contributed by atoms with Crippen LogP contribution in [0.1, 0.15) is 31.9 Å². The maximum absolute atomic E-state index is 12.0. The number of alkyl halides is 1. The van der Waals surface area contributed by atoms with Crippen LogP contribution in [-0.2, 0) is 17.5 Å². The van der Waals surface area contributed by atoms with Crippen molar-refractivity contribution < 1.29 is 9.16 Å². The predicted octanol–water partition coefficient (Wildman–Crippen LogP) is 6.39. The first-order valence-corrected chi connectivity index (χ1v) is 14.0. The number of rotatable bonds is 7. The molecule has 30 heavy (non-hydrogen) atoms. The Kier molecular flexibility index (Phi) is 6.90. The predicted molar refractivity (Wildman–Crippen MR) is 130 cm³/mol. The molecule has 0 saturated carbocycles. The number of aromatic nitrogens is 1. The molecule has 0 bridgehead atoms. The van der Waals surface area contributed by atoms with Crippen LogP contribution in [0.3, 0.4) is 0 Å². The van der Waals surface area contributed by atoms with Gasteiger partial charge in [-0.15, -0.1) is 0 Å². The van der Waals surface area contributed by atoms with Crippen LogP contribution < -0.4 is 10.3 Å². The van der Waals surface area contributed by atoms with E-state index in [-0.39, 0.29) is 15.6 Å². The van der Waals surface area contributed by atoms with Crippen molar-refractivity contribution in [3.8, 4) is 5.75 Å². The van der Waals surface area contributed by atoms with E-state index in [0.29, 0.717) is 18.8 Å². The van der Waals surface area contributed by atoms with E-state index < -0.39 is 8.32 Å². The van der Waals surface area contributed by atoms with E-state index in [9.17, 15) is 4.79 Å². The van der Waals surface area contributed by atoms with Crippen LogP contribution >= 0.6 is 15.9 Å². The van der Waals surface area contributed by atoms with E-state index in [1.807, 2.05) is 42.5 Å². The molecule has 0 unspecified atom stereocenters. The van der Waals surface area contributed by atoms with Crippen LogP contribution in [0, 0.1) is 0 Å². The molecule has 0 radical (unpaired) electrons. The first-order chi connectivity index (χ1) is 14.1. The third-order valence-electron chi connectivity index (χ3n) is 5.79. The van der Waals surface area contributed by atoms with Crippen LogP contribution in [-0.4, -0.2) is 18.3 Å². The van der Waals surface area contributed by atoms with Crippen molar-refractivity contribution in [1.82, 2.24) is 4.98 Å².